The zero-order chi connectivity index (χ0) is 44.0. The average molecular weight is 832 g/mol. The number of aliphatic carboxylic acids is 1. The number of ether oxygens (including phenoxy) is 3. The molecule has 60 heavy (non-hydrogen) atoms. The van der Waals surface area contributed by atoms with Gasteiger partial charge in [0.15, 0.2) is 6.29 Å². The van der Waals surface area contributed by atoms with Crippen LogP contribution in [0.25, 0.3) is 0 Å². The Morgan fingerprint density at radius 2 is 0.883 bits per heavy atom. The summed E-state index contributed by atoms with van der Waals surface area (Å²) < 4.78 is 16.0. The normalized spacial score (nSPS) is 14.3. The average Bonchev–Trinajstić information content (AvgIpc) is 3.21. The van der Waals surface area contributed by atoms with Crippen LogP contribution >= 0.6 is 0 Å². The number of rotatable bonds is 39. The van der Waals surface area contributed by atoms with E-state index in [4.69, 9.17) is 14.2 Å². The van der Waals surface area contributed by atoms with E-state index >= 15 is 0 Å². The van der Waals surface area contributed by atoms with Crippen molar-refractivity contribution in [1.82, 2.24) is 0 Å². The summed E-state index contributed by atoms with van der Waals surface area (Å²) in [6, 6.07) is 0. The minimum atomic E-state index is -1.59. The lowest BCUT2D eigenvalue weighted by Gasteiger charge is -2.26. The van der Waals surface area contributed by atoms with Gasteiger partial charge >= 0.3 is 5.97 Å². The maximum absolute atomic E-state index is 12.0. The van der Waals surface area contributed by atoms with Crippen LogP contribution in [0.3, 0.4) is 0 Å². The second-order valence-electron chi connectivity index (χ2n) is 15.5. The van der Waals surface area contributed by atoms with Crippen molar-refractivity contribution in [1.29, 1.82) is 0 Å². The lowest BCUT2D eigenvalue weighted by molar-refractivity contribution is -0.870. The lowest BCUT2D eigenvalue weighted by atomic mass is 10.1. The highest BCUT2D eigenvalue weighted by molar-refractivity contribution is 5.69. The predicted molar refractivity (Wildman–Crippen MR) is 250 cm³/mol. The summed E-state index contributed by atoms with van der Waals surface area (Å²) in [6.07, 6.45) is 63.4. The number of carbonyl (C=O) groups is 2. The summed E-state index contributed by atoms with van der Waals surface area (Å²) in [6.45, 7) is 2.29. The number of aliphatic hydroxyl groups excluding tert-OH is 1. The molecule has 0 fully saturated rings. The number of hydrogen-bond acceptors (Lipinski definition) is 7. The van der Waals surface area contributed by atoms with Gasteiger partial charge in [-0.2, -0.15) is 0 Å². The van der Waals surface area contributed by atoms with Gasteiger partial charge < -0.3 is 33.7 Å². The molecule has 0 aromatic carbocycles. The Kier molecular flexibility index (Phi) is 40.1. The molecule has 8 heteroatoms. The molecule has 0 spiro atoms. The molecule has 0 radical (unpaired) electrons. The third-order valence-corrected chi connectivity index (χ3v) is 8.64. The number of nitrogens with zero attached hydrogens (tertiary/aromatic N) is 1. The van der Waals surface area contributed by atoms with Crippen molar-refractivity contribution in [3.8, 4) is 0 Å². The van der Waals surface area contributed by atoms with Crippen LogP contribution in [-0.4, -0.2) is 81.4 Å². The highest BCUT2D eigenvalue weighted by Crippen LogP contribution is 2.09. The van der Waals surface area contributed by atoms with Gasteiger partial charge in [0, 0.05) is 6.42 Å². The van der Waals surface area contributed by atoms with Crippen molar-refractivity contribution in [2.45, 2.75) is 135 Å². The Balaban J connectivity index is 3.69. The first kappa shape index (κ1) is 55.9. The van der Waals surface area contributed by atoms with Crippen molar-refractivity contribution >= 4 is 11.9 Å². The van der Waals surface area contributed by atoms with Crippen molar-refractivity contribution in [3.63, 3.8) is 0 Å². The van der Waals surface area contributed by atoms with E-state index in [-0.39, 0.29) is 32.2 Å². The number of unbranched alkanes of at least 4 members (excludes halogenated alkanes) is 5. The first-order chi connectivity index (χ1) is 29.2. The lowest BCUT2D eigenvalue weighted by Crippen LogP contribution is -2.44. The van der Waals surface area contributed by atoms with Gasteiger partial charge in [0.2, 0.25) is 0 Å². The number of carboxylic acids is 1. The molecule has 336 valence electrons. The molecule has 2 atom stereocenters. The van der Waals surface area contributed by atoms with Crippen molar-refractivity contribution in [2.24, 2.45) is 0 Å². The van der Waals surface area contributed by atoms with Crippen LogP contribution in [0, 0.1) is 0 Å². The van der Waals surface area contributed by atoms with Crippen LogP contribution in [-0.2, 0) is 23.8 Å². The number of carboxylic acid groups (broad SMARTS) is 1. The number of hydrogen-bond donors (Lipinski definition) is 1. The van der Waals surface area contributed by atoms with Crippen LogP contribution in [0.15, 0.2) is 134 Å². The third kappa shape index (κ3) is 45.0. The number of likely N-dealkylation sites (N-methyl/N-ethyl adjacent to an activating group) is 1. The second kappa shape index (κ2) is 43.0. The Morgan fingerprint density at radius 3 is 1.27 bits per heavy atom. The number of aliphatic hydroxyl groups is 1. The topological polar surface area (TPSA) is 105 Å². The fraction of sp³-hybridized carbons (Fsp3) is 0.538. The number of esters is 1. The Bertz CT molecular complexity index is 1370. The molecule has 2 unspecified atom stereocenters. The summed E-state index contributed by atoms with van der Waals surface area (Å²) in [5.41, 5.74) is 0. The summed E-state index contributed by atoms with van der Waals surface area (Å²) in [5, 5.41) is 21.2. The maximum atomic E-state index is 12.0. The van der Waals surface area contributed by atoms with Crippen molar-refractivity contribution in [3.05, 3.63) is 134 Å². The van der Waals surface area contributed by atoms with Crippen molar-refractivity contribution in [2.75, 3.05) is 47.5 Å². The molecule has 1 N–H and O–H groups in total. The molecule has 0 amide bonds. The van der Waals surface area contributed by atoms with Gasteiger partial charge in [-0.3, -0.25) is 4.79 Å². The number of quaternary nitrogens is 1. The first-order valence-electron chi connectivity index (χ1n) is 22.4. The quantitative estimate of drug-likeness (QED) is 0.0216. The summed E-state index contributed by atoms with van der Waals surface area (Å²) in [5.74, 6) is -1.91. The largest absolute Gasteiger partial charge is 0.545 e. The van der Waals surface area contributed by atoms with E-state index in [1.54, 1.807) is 0 Å². The minimum absolute atomic E-state index is 0.160. The van der Waals surface area contributed by atoms with E-state index in [1.165, 1.54) is 0 Å². The van der Waals surface area contributed by atoms with Crippen LogP contribution in [0.5, 0.6) is 0 Å². The predicted octanol–water partition coefficient (Wildman–Crippen LogP) is 10.9. The molecule has 0 aliphatic carbocycles. The van der Waals surface area contributed by atoms with Crippen LogP contribution in [0.4, 0.5) is 0 Å². The molecule has 0 aromatic heterocycles. The van der Waals surface area contributed by atoms with Crippen LogP contribution < -0.4 is 5.11 Å². The van der Waals surface area contributed by atoms with E-state index in [9.17, 15) is 19.8 Å². The Hall–Kier alpha value is -4.08. The van der Waals surface area contributed by atoms with E-state index < -0.39 is 18.4 Å². The molecule has 0 rings (SSSR count). The van der Waals surface area contributed by atoms with Gasteiger partial charge in [0.1, 0.15) is 19.3 Å². The molecule has 0 saturated carbocycles. The number of carbonyl (C=O) groups excluding carboxylic acids is 2. The Labute approximate surface area is 365 Å². The number of allylic oxidation sites excluding steroid dienone is 22. The highest BCUT2D eigenvalue weighted by atomic mass is 16.7. The van der Waals surface area contributed by atoms with Crippen LogP contribution in [0.2, 0.25) is 0 Å². The third-order valence-electron chi connectivity index (χ3n) is 8.64. The maximum Gasteiger partial charge on any atom is 0.305 e. The van der Waals surface area contributed by atoms with E-state index in [2.05, 4.69) is 141 Å². The molecule has 0 aromatic rings. The molecule has 8 nitrogen and oxygen atoms in total. The summed E-state index contributed by atoms with van der Waals surface area (Å²) >= 11 is 0. The summed E-state index contributed by atoms with van der Waals surface area (Å²) in [7, 11) is 5.85. The first-order valence-corrected chi connectivity index (χ1v) is 22.4. The highest BCUT2D eigenvalue weighted by Gasteiger charge is 2.17. The molecule has 0 bridgehead atoms. The molecule has 0 heterocycles. The smallest absolute Gasteiger partial charge is 0.305 e. The fourth-order valence-corrected chi connectivity index (χ4v) is 5.18. The van der Waals surface area contributed by atoms with E-state index in [1.807, 2.05) is 21.1 Å². The van der Waals surface area contributed by atoms with Gasteiger partial charge in [-0.1, -0.05) is 160 Å². The SMILES string of the molecule is CC/C=C\C/C=C\C/C=C\C/C=C\C/C=C\C/C=C\C/C=C\C/C=C\C/C=C\C/C=C\C/C=C\CCCCCCCC(=O)OCC(O)COC(OCC[N+](C)(C)C)C(=O)[O-]. The molecule has 0 saturated heterocycles. The molecular formula is C52H81NO7. The van der Waals surface area contributed by atoms with Gasteiger partial charge in [-0.15, -0.1) is 0 Å². The van der Waals surface area contributed by atoms with E-state index in [0.29, 0.717) is 11.0 Å². The monoisotopic (exact) mass is 832 g/mol. The minimum Gasteiger partial charge on any atom is -0.545 e. The van der Waals surface area contributed by atoms with E-state index in [0.717, 1.165) is 109 Å². The standard InChI is InChI=1S/C52H81NO7/c1-5-6-7-8-9-10-11-12-13-14-15-16-17-18-19-20-21-22-23-24-25-26-27-28-29-30-31-32-33-34-35-36-37-38-39-40-41-42-43-44-50(55)59-47-49(54)48-60-52(51(56)57)58-46-45-53(2,3)4/h6-7,9-10,12-13,15-16,18-19,21-22,24-25,27-28,30-31,33-34,36-37,49,52,54H,5,8,11,14,17,20,23,26,29,32,35,38-48H2,1-4H3/b7-6-,10-9-,13-12-,16-15-,19-18-,22-21-,25-24-,28-27-,31-30-,34-33-,37-36-. The van der Waals surface area contributed by atoms with Gasteiger partial charge in [0.05, 0.1) is 40.3 Å². The molecule has 0 aliphatic heterocycles. The molecular weight excluding hydrogens is 751 g/mol. The molecule has 0 aliphatic rings. The van der Waals surface area contributed by atoms with Gasteiger partial charge in [-0.05, 0) is 89.9 Å². The zero-order valence-corrected chi connectivity index (χ0v) is 37.8. The summed E-state index contributed by atoms with van der Waals surface area (Å²) in [4.78, 5) is 23.2. The zero-order valence-electron chi connectivity index (χ0n) is 37.8. The van der Waals surface area contributed by atoms with Crippen LogP contribution in [0.1, 0.15) is 122 Å². The van der Waals surface area contributed by atoms with Crippen molar-refractivity contribution < 1.29 is 38.5 Å². The fourth-order valence-electron chi connectivity index (χ4n) is 5.18. The van der Waals surface area contributed by atoms with Gasteiger partial charge in [0.25, 0.3) is 0 Å². The second-order valence-corrected chi connectivity index (χ2v) is 15.5. The Morgan fingerprint density at radius 1 is 0.517 bits per heavy atom. The van der Waals surface area contributed by atoms with Gasteiger partial charge in [-0.25, -0.2) is 0 Å².